The number of benzene rings is 7. The smallest absolute Gasteiger partial charge is 0.136 e. The first-order valence-corrected chi connectivity index (χ1v) is 13.6. The lowest BCUT2D eigenvalue weighted by molar-refractivity contribution is 0.669. The summed E-state index contributed by atoms with van der Waals surface area (Å²) in [5, 5.41) is 7.11. The highest BCUT2D eigenvalue weighted by molar-refractivity contribution is 6.15. The Morgan fingerprint density at radius 1 is 0.350 bits per heavy atom. The molecule has 7 aromatic carbocycles. The predicted octanol–water partition coefficient (Wildman–Crippen LogP) is 11.0. The van der Waals surface area contributed by atoms with Crippen LogP contribution in [0.4, 0.5) is 17.1 Å². The second-order valence-electron chi connectivity index (χ2n) is 10.1. The summed E-state index contributed by atoms with van der Waals surface area (Å²) >= 11 is 0. The molecule has 188 valence electrons. The highest BCUT2D eigenvalue weighted by atomic mass is 16.3. The van der Waals surface area contributed by atoms with Gasteiger partial charge in [-0.3, -0.25) is 0 Å². The number of nitrogens with zero attached hydrogens (tertiary/aromatic N) is 1. The van der Waals surface area contributed by atoms with Gasteiger partial charge in [0.1, 0.15) is 11.2 Å². The molecule has 0 spiro atoms. The summed E-state index contributed by atoms with van der Waals surface area (Å²) in [6.45, 7) is 0. The Morgan fingerprint density at radius 2 is 0.825 bits per heavy atom. The van der Waals surface area contributed by atoms with Gasteiger partial charge in [-0.05, 0) is 46.7 Å². The minimum Gasteiger partial charge on any atom is -0.456 e. The van der Waals surface area contributed by atoms with E-state index in [9.17, 15) is 0 Å². The number of hydrogen-bond acceptors (Lipinski definition) is 2. The Bertz CT molecular complexity index is 2100. The third-order valence-electron chi connectivity index (χ3n) is 7.85. The summed E-state index contributed by atoms with van der Waals surface area (Å²) in [4.78, 5) is 2.43. The Labute approximate surface area is 232 Å². The second-order valence-corrected chi connectivity index (χ2v) is 10.1. The van der Waals surface area contributed by atoms with E-state index in [2.05, 4.69) is 144 Å². The quantitative estimate of drug-likeness (QED) is 0.234. The molecule has 1 aromatic heterocycles. The normalized spacial score (nSPS) is 11.5. The molecule has 0 saturated heterocycles. The molecule has 0 aliphatic heterocycles. The zero-order valence-electron chi connectivity index (χ0n) is 21.8. The standard InChI is InChI=1S/C38H25NO/c1-3-16-28-26(12-1)14-9-22-33(28)39(34-23-10-15-27-13-2-4-17-29(27)34)35-21-7-5-18-30(35)31-20-11-25-37-38(31)32-19-6-8-24-36(32)40-37/h1-25H. The molecule has 1 heterocycles. The third kappa shape index (κ3) is 3.50. The Hall–Kier alpha value is -5.34. The van der Waals surface area contributed by atoms with Gasteiger partial charge in [0.25, 0.3) is 0 Å². The summed E-state index contributed by atoms with van der Waals surface area (Å²) < 4.78 is 6.29. The lowest BCUT2D eigenvalue weighted by Crippen LogP contribution is -2.12. The van der Waals surface area contributed by atoms with Gasteiger partial charge in [-0.15, -0.1) is 0 Å². The minimum atomic E-state index is 0.898. The van der Waals surface area contributed by atoms with Crippen LogP contribution in [-0.4, -0.2) is 0 Å². The van der Waals surface area contributed by atoms with Crippen LogP contribution in [0.1, 0.15) is 0 Å². The fourth-order valence-corrected chi connectivity index (χ4v) is 6.09. The topological polar surface area (TPSA) is 16.4 Å². The molecule has 0 fully saturated rings. The lowest BCUT2D eigenvalue weighted by Gasteiger charge is -2.30. The van der Waals surface area contributed by atoms with Crippen LogP contribution in [0, 0.1) is 0 Å². The average Bonchev–Trinajstić information content (AvgIpc) is 3.41. The molecular formula is C38H25NO. The summed E-state index contributed by atoms with van der Waals surface area (Å²) in [5.74, 6) is 0. The van der Waals surface area contributed by atoms with Crippen LogP contribution in [0.5, 0.6) is 0 Å². The van der Waals surface area contributed by atoms with Crippen molar-refractivity contribution in [3.05, 3.63) is 152 Å². The molecule has 0 aliphatic rings. The molecule has 2 nitrogen and oxygen atoms in total. The Morgan fingerprint density at radius 3 is 1.55 bits per heavy atom. The Kier molecular flexibility index (Phi) is 5.17. The van der Waals surface area contributed by atoms with Gasteiger partial charge in [-0.2, -0.15) is 0 Å². The van der Waals surface area contributed by atoms with E-state index in [1.165, 1.54) is 21.5 Å². The number of hydrogen-bond donors (Lipinski definition) is 0. The maximum absolute atomic E-state index is 6.29. The van der Waals surface area contributed by atoms with Gasteiger partial charge >= 0.3 is 0 Å². The van der Waals surface area contributed by atoms with Crippen molar-refractivity contribution in [1.29, 1.82) is 0 Å². The van der Waals surface area contributed by atoms with Gasteiger partial charge in [0.15, 0.2) is 0 Å². The Balaban J connectivity index is 1.48. The lowest BCUT2D eigenvalue weighted by atomic mass is 9.96. The predicted molar refractivity (Wildman–Crippen MR) is 169 cm³/mol. The van der Waals surface area contributed by atoms with Crippen LogP contribution in [0.3, 0.4) is 0 Å². The van der Waals surface area contributed by atoms with Crippen molar-refractivity contribution < 1.29 is 4.42 Å². The van der Waals surface area contributed by atoms with E-state index in [1.54, 1.807) is 0 Å². The second kappa shape index (κ2) is 9.14. The first-order valence-electron chi connectivity index (χ1n) is 13.6. The highest BCUT2D eigenvalue weighted by Gasteiger charge is 2.22. The average molecular weight is 512 g/mol. The summed E-state index contributed by atoms with van der Waals surface area (Å²) in [7, 11) is 0. The molecule has 8 aromatic rings. The maximum Gasteiger partial charge on any atom is 0.136 e. The molecule has 0 unspecified atom stereocenters. The summed E-state index contributed by atoms with van der Waals surface area (Å²) in [5.41, 5.74) is 7.52. The fourth-order valence-electron chi connectivity index (χ4n) is 6.09. The van der Waals surface area contributed by atoms with E-state index in [4.69, 9.17) is 4.42 Å². The van der Waals surface area contributed by atoms with E-state index < -0.39 is 0 Å². The highest BCUT2D eigenvalue weighted by Crippen LogP contribution is 2.47. The number of anilines is 3. The SMILES string of the molecule is c1ccc(N(c2cccc3ccccc23)c2cccc3ccccc23)c(-c2cccc3oc4ccccc4c23)c1. The van der Waals surface area contributed by atoms with Crippen molar-refractivity contribution in [2.24, 2.45) is 0 Å². The van der Waals surface area contributed by atoms with Crippen LogP contribution in [0.2, 0.25) is 0 Å². The molecule has 0 bridgehead atoms. The van der Waals surface area contributed by atoms with Gasteiger partial charge in [-0.25, -0.2) is 0 Å². The van der Waals surface area contributed by atoms with Crippen LogP contribution < -0.4 is 4.90 Å². The minimum absolute atomic E-state index is 0.898. The maximum atomic E-state index is 6.29. The van der Waals surface area contributed by atoms with Crippen LogP contribution in [-0.2, 0) is 0 Å². The molecule has 0 N–H and O–H groups in total. The third-order valence-corrected chi connectivity index (χ3v) is 7.85. The van der Waals surface area contributed by atoms with E-state index in [-0.39, 0.29) is 0 Å². The zero-order valence-corrected chi connectivity index (χ0v) is 21.8. The van der Waals surface area contributed by atoms with Crippen molar-refractivity contribution in [2.45, 2.75) is 0 Å². The first kappa shape index (κ1) is 22.6. The monoisotopic (exact) mass is 511 g/mol. The van der Waals surface area contributed by atoms with Gasteiger partial charge in [0.2, 0.25) is 0 Å². The molecule has 40 heavy (non-hydrogen) atoms. The van der Waals surface area contributed by atoms with Crippen molar-refractivity contribution in [3.8, 4) is 11.1 Å². The first-order chi connectivity index (χ1) is 19.9. The molecule has 2 heteroatoms. The molecular weight excluding hydrogens is 486 g/mol. The molecule has 0 radical (unpaired) electrons. The van der Waals surface area contributed by atoms with Gasteiger partial charge in [0.05, 0.1) is 17.1 Å². The van der Waals surface area contributed by atoms with E-state index in [0.717, 1.165) is 50.1 Å². The van der Waals surface area contributed by atoms with Crippen molar-refractivity contribution in [1.82, 2.24) is 0 Å². The molecule has 0 aliphatic carbocycles. The zero-order chi connectivity index (χ0) is 26.5. The van der Waals surface area contributed by atoms with E-state index in [1.807, 2.05) is 12.1 Å². The number of para-hydroxylation sites is 2. The largest absolute Gasteiger partial charge is 0.456 e. The van der Waals surface area contributed by atoms with Crippen LogP contribution in [0.15, 0.2) is 156 Å². The van der Waals surface area contributed by atoms with Crippen molar-refractivity contribution in [2.75, 3.05) is 4.90 Å². The van der Waals surface area contributed by atoms with Crippen LogP contribution in [0.25, 0.3) is 54.6 Å². The molecule has 0 saturated carbocycles. The van der Waals surface area contributed by atoms with E-state index >= 15 is 0 Å². The fraction of sp³-hybridized carbons (Fsp3) is 0. The van der Waals surface area contributed by atoms with Gasteiger partial charge in [0, 0.05) is 27.1 Å². The van der Waals surface area contributed by atoms with Gasteiger partial charge < -0.3 is 9.32 Å². The number of furan rings is 1. The molecule has 0 atom stereocenters. The number of rotatable bonds is 4. The van der Waals surface area contributed by atoms with Crippen molar-refractivity contribution in [3.63, 3.8) is 0 Å². The molecule has 0 amide bonds. The number of fused-ring (bicyclic) bond motifs is 5. The van der Waals surface area contributed by atoms with E-state index in [0.29, 0.717) is 0 Å². The summed E-state index contributed by atoms with van der Waals surface area (Å²) in [6.07, 6.45) is 0. The summed E-state index contributed by atoms with van der Waals surface area (Å²) in [6, 6.07) is 53.8. The van der Waals surface area contributed by atoms with Crippen molar-refractivity contribution >= 4 is 60.5 Å². The molecule has 8 rings (SSSR count). The van der Waals surface area contributed by atoms with Crippen LogP contribution >= 0.6 is 0 Å². The van der Waals surface area contributed by atoms with Gasteiger partial charge in [-0.1, -0.05) is 121 Å².